The zero-order valence-electron chi connectivity index (χ0n) is 14.0. The van der Waals surface area contributed by atoms with Gasteiger partial charge in [-0.2, -0.15) is 0 Å². The molecule has 1 amide bonds. The number of ether oxygens (including phenoxy) is 1. The lowest BCUT2D eigenvalue weighted by atomic mass is 9.96. The van der Waals surface area contributed by atoms with E-state index < -0.39 is 5.41 Å². The SMILES string of the molecule is CC(C)CCOc1ccc(NC(=S)NC(=O)C(C)(C)C)cc1. The summed E-state index contributed by atoms with van der Waals surface area (Å²) in [6.45, 7) is 10.6. The number of hydrogen-bond donors (Lipinski definition) is 2. The summed E-state index contributed by atoms with van der Waals surface area (Å²) in [5.74, 6) is 1.35. The predicted molar refractivity (Wildman–Crippen MR) is 95.2 cm³/mol. The van der Waals surface area contributed by atoms with Crippen molar-refractivity contribution in [2.75, 3.05) is 11.9 Å². The van der Waals surface area contributed by atoms with Crippen molar-refractivity contribution >= 4 is 28.9 Å². The smallest absolute Gasteiger partial charge is 0.231 e. The molecule has 0 aliphatic carbocycles. The van der Waals surface area contributed by atoms with Crippen molar-refractivity contribution in [3.05, 3.63) is 24.3 Å². The van der Waals surface area contributed by atoms with E-state index >= 15 is 0 Å². The fourth-order valence-corrected chi connectivity index (χ4v) is 1.71. The van der Waals surface area contributed by atoms with Crippen molar-refractivity contribution in [1.82, 2.24) is 5.32 Å². The van der Waals surface area contributed by atoms with Crippen molar-refractivity contribution < 1.29 is 9.53 Å². The van der Waals surface area contributed by atoms with Gasteiger partial charge in [0.05, 0.1) is 6.61 Å². The second kappa shape index (κ2) is 8.13. The molecular formula is C17H26N2O2S. The normalized spacial score (nSPS) is 11.2. The van der Waals surface area contributed by atoms with Gasteiger partial charge in [-0.3, -0.25) is 4.79 Å². The van der Waals surface area contributed by atoms with Crippen LogP contribution in [0.1, 0.15) is 41.0 Å². The van der Waals surface area contributed by atoms with Gasteiger partial charge in [-0.15, -0.1) is 0 Å². The Kier molecular flexibility index (Phi) is 6.81. The van der Waals surface area contributed by atoms with E-state index in [-0.39, 0.29) is 5.91 Å². The average Bonchev–Trinajstić information content (AvgIpc) is 2.39. The highest BCUT2D eigenvalue weighted by atomic mass is 32.1. The molecule has 1 rings (SSSR count). The molecule has 0 spiro atoms. The van der Waals surface area contributed by atoms with Crippen LogP contribution in [0.25, 0.3) is 0 Å². The Morgan fingerprint density at radius 2 is 1.82 bits per heavy atom. The second-order valence-corrected chi connectivity index (χ2v) is 7.12. The van der Waals surface area contributed by atoms with Crippen molar-refractivity contribution in [2.24, 2.45) is 11.3 Å². The molecule has 5 heteroatoms. The van der Waals surface area contributed by atoms with Crippen LogP contribution in [-0.4, -0.2) is 17.6 Å². The molecule has 0 aliphatic rings. The summed E-state index contributed by atoms with van der Waals surface area (Å²) < 4.78 is 5.66. The first kappa shape index (κ1) is 18.4. The molecule has 0 fully saturated rings. The van der Waals surface area contributed by atoms with Gasteiger partial charge in [0.15, 0.2) is 5.11 Å². The largest absolute Gasteiger partial charge is 0.494 e. The molecular weight excluding hydrogens is 296 g/mol. The Bertz CT molecular complexity index is 504. The summed E-state index contributed by atoms with van der Waals surface area (Å²) in [6.07, 6.45) is 1.03. The second-order valence-electron chi connectivity index (χ2n) is 6.71. The molecule has 0 saturated heterocycles. The highest BCUT2D eigenvalue weighted by Gasteiger charge is 2.21. The van der Waals surface area contributed by atoms with E-state index in [9.17, 15) is 4.79 Å². The average molecular weight is 322 g/mol. The molecule has 0 radical (unpaired) electrons. The van der Waals surface area contributed by atoms with E-state index in [1.54, 1.807) is 0 Å². The lowest BCUT2D eigenvalue weighted by molar-refractivity contribution is -0.126. The molecule has 0 saturated carbocycles. The Morgan fingerprint density at radius 3 is 2.32 bits per heavy atom. The van der Waals surface area contributed by atoms with Crippen LogP contribution in [0.15, 0.2) is 24.3 Å². The van der Waals surface area contributed by atoms with E-state index in [2.05, 4.69) is 24.5 Å². The van der Waals surface area contributed by atoms with Gasteiger partial charge < -0.3 is 15.4 Å². The maximum Gasteiger partial charge on any atom is 0.231 e. The number of amides is 1. The maximum atomic E-state index is 11.8. The van der Waals surface area contributed by atoms with E-state index in [0.29, 0.717) is 17.6 Å². The number of benzene rings is 1. The topological polar surface area (TPSA) is 50.4 Å². The molecule has 0 aliphatic heterocycles. The van der Waals surface area contributed by atoms with Gasteiger partial charge in [0.1, 0.15) is 5.75 Å². The number of nitrogens with one attached hydrogen (secondary N) is 2. The molecule has 2 N–H and O–H groups in total. The minimum absolute atomic E-state index is 0.112. The third-order valence-corrected chi connectivity index (χ3v) is 3.19. The van der Waals surface area contributed by atoms with Gasteiger partial charge in [-0.25, -0.2) is 0 Å². The lowest BCUT2D eigenvalue weighted by Gasteiger charge is -2.18. The molecule has 0 atom stereocenters. The third kappa shape index (κ3) is 6.89. The third-order valence-electron chi connectivity index (χ3n) is 2.98. The van der Waals surface area contributed by atoms with Crippen LogP contribution in [0.3, 0.4) is 0 Å². The molecule has 1 aromatic carbocycles. The Hall–Kier alpha value is -1.62. The van der Waals surface area contributed by atoms with Crippen LogP contribution >= 0.6 is 12.2 Å². The van der Waals surface area contributed by atoms with Crippen LogP contribution in [-0.2, 0) is 4.79 Å². The van der Waals surface area contributed by atoms with Crippen LogP contribution < -0.4 is 15.4 Å². The fourth-order valence-electron chi connectivity index (χ4n) is 1.50. The minimum Gasteiger partial charge on any atom is -0.494 e. The summed E-state index contributed by atoms with van der Waals surface area (Å²) in [7, 11) is 0. The quantitative estimate of drug-likeness (QED) is 0.805. The van der Waals surface area contributed by atoms with Gasteiger partial charge >= 0.3 is 0 Å². The Balaban J connectivity index is 2.47. The van der Waals surface area contributed by atoms with E-state index in [4.69, 9.17) is 17.0 Å². The van der Waals surface area contributed by atoms with Crippen molar-refractivity contribution in [1.29, 1.82) is 0 Å². The van der Waals surface area contributed by atoms with E-state index in [0.717, 1.165) is 17.9 Å². The standard InChI is InChI=1S/C17H26N2O2S/c1-12(2)10-11-21-14-8-6-13(7-9-14)18-16(22)19-15(20)17(3,4)5/h6-9,12H,10-11H2,1-5H3,(H2,18,19,20,22). The zero-order chi connectivity index (χ0) is 16.8. The molecule has 0 bridgehead atoms. The highest BCUT2D eigenvalue weighted by molar-refractivity contribution is 7.80. The number of carbonyl (C=O) groups excluding carboxylic acids is 1. The molecule has 22 heavy (non-hydrogen) atoms. The molecule has 0 unspecified atom stereocenters. The summed E-state index contributed by atoms with van der Waals surface area (Å²) in [6, 6.07) is 7.52. The fraction of sp³-hybridized carbons (Fsp3) is 0.529. The predicted octanol–water partition coefficient (Wildman–Crippen LogP) is 3.97. The molecule has 4 nitrogen and oxygen atoms in total. The first-order valence-electron chi connectivity index (χ1n) is 7.54. The number of anilines is 1. The molecule has 0 heterocycles. The number of rotatable bonds is 5. The summed E-state index contributed by atoms with van der Waals surface area (Å²) in [5.41, 5.74) is 0.343. The van der Waals surface area contributed by atoms with Gasteiger partial charge in [-0.05, 0) is 48.8 Å². The van der Waals surface area contributed by atoms with Crippen LogP contribution in [0.2, 0.25) is 0 Å². The van der Waals surface area contributed by atoms with E-state index in [1.807, 2.05) is 45.0 Å². The first-order valence-corrected chi connectivity index (χ1v) is 7.94. The summed E-state index contributed by atoms with van der Waals surface area (Å²) in [5, 5.41) is 5.97. The minimum atomic E-state index is -0.472. The number of carbonyl (C=O) groups is 1. The van der Waals surface area contributed by atoms with Gasteiger partial charge in [0.25, 0.3) is 0 Å². The molecule has 0 aromatic heterocycles. The highest BCUT2D eigenvalue weighted by Crippen LogP contribution is 2.17. The molecule has 122 valence electrons. The maximum absolute atomic E-state index is 11.8. The van der Waals surface area contributed by atoms with E-state index in [1.165, 1.54) is 0 Å². The lowest BCUT2D eigenvalue weighted by Crippen LogP contribution is -2.41. The monoisotopic (exact) mass is 322 g/mol. The van der Waals surface area contributed by atoms with Gasteiger partial charge in [0, 0.05) is 11.1 Å². The Labute approximate surface area is 138 Å². The Morgan fingerprint density at radius 1 is 1.23 bits per heavy atom. The number of hydrogen-bond acceptors (Lipinski definition) is 3. The first-order chi connectivity index (χ1) is 10.2. The summed E-state index contributed by atoms with van der Waals surface area (Å²) in [4.78, 5) is 11.8. The van der Waals surface area contributed by atoms with Crippen molar-refractivity contribution in [2.45, 2.75) is 41.0 Å². The van der Waals surface area contributed by atoms with Crippen LogP contribution in [0, 0.1) is 11.3 Å². The molecule has 1 aromatic rings. The van der Waals surface area contributed by atoms with Crippen molar-refractivity contribution in [3.63, 3.8) is 0 Å². The summed E-state index contributed by atoms with van der Waals surface area (Å²) >= 11 is 5.14. The zero-order valence-corrected chi connectivity index (χ0v) is 14.8. The van der Waals surface area contributed by atoms with Gasteiger partial charge in [0.2, 0.25) is 5.91 Å². The van der Waals surface area contributed by atoms with Gasteiger partial charge in [-0.1, -0.05) is 34.6 Å². The van der Waals surface area contributed by atoms with Crippen LogP contribution in [0.4, 0.5) is 5.69 Å². The van der Waals surface area contributed by atoms with Crippen molar-refractivity contribution in [3.8, 4) is 5.75 Å². The van der Waals surface area contributed by atoms with Crippen LogP contribution in [0.5, 0.6) is 5.75 Å². The number of thiocarbonyl (C=S) groups is 1.